The second-order valence-corrected chi connectivity index (χ2v) is 1.50. The monoisotopic (exact) mass is 153 g/mol. The van der Waals surface area contributed by atoms with Crippen LogP contribution < -0.4 is 5.73 Å². The molecule has 0 aliphatic carbocycles. The molecule has 0 unspecified atom stereocenters. The molecule has 0 rings (SSSR count). The van der Waals surface area contributed by atoms with Crippen LogP contribution in [0.3, 0.4) is 0 Å². The van der Waals surface area contributed by atoms with E-state index in [0.717, 1.165) is 6.92 Å². The van der Waals surface area contributed by atoms with E-state index in [0.29, 0.717) is 0 Å². The Morgan fingerprint density at radius 2 is 1.60 bits per heavy atom. The predicted molar refractivity (Wildman–Crippen MR) is 31.8 cm³/mol. The van der Waals surface area contributed by atoms with Crippen molar-refractivity contribution in [3.63, 3.8) is 0 Å². The van der Waals surface area contributed by atoms with Crippen molar-refractivity contribution in [2.75, 3.05) is 6.54 Å². The minimum absolute atomic E-state index is 0.562. The normalized spacial score (nSPS) is 9.70. The van der Waals surface area contributed by atoms with Crippen molar-refractivity contribution in [2.24, 2.45) is 5.73 Å². The summed E-state index contributed by atoms with van der Waals surface area (Å²) in [6.45, 7) is 0.521. The summed E-state index contributed by atoms with van der Waals surface area (Å²) in [6, 6.07) is 0. The van der Waals surface area contributed by atoms with Crippen LogP contribution in [0, 0.1) is 0 Å². The van der Waals surface area contributed by atoms with E-state index < -0.39 is 18.5 Å². The molecular formula is C4H11NO5. The molecule has 0 fully saturated rings. The number of hydrogen-bond acceptors (Lipinski definition) is 5. The first-order valence-electron chi connectivity index (χ1n) is 2.36. The van der Waals surface area contributed by atoms with Crippen LogP contribution in [-0.2, 0) is 4.79 Å². The first kappa shape index (κ1) is 12.0. The van der Waals surface area contributed by atoms with Crippen LogP contribution >= 0.6 is 0 Å². The van der Waals surface area contributed by atoms with E-state index in [1.54, 1.807) is 0 Å². The van der Waals surface area contributed by atoms with Crippen molar-refractivity contribution in [3.8, 4) is 0 Å². The Morgan fingerprint density at radius 3 is 1.60 bits per heavy atom. The second-order valence-electron chi connectivity index (χ2n) is 1.50. The van der Waals surface area contributed by atoms with E-state index in [9.17, 15) is 0 Å². The number of carbonyl (C=O) groups is 1. The molecule has 0 atom stereocenters. The number of nitrogens with two attached hydrogens (primary N) is 1. The summed E-state index contributed by atoms with van der Waals surface area (Å²) in [5.74, 6) is -3.51. The van der Waals surface area contributed by atoms with Crippen LogP contribution in [-0.4, -0.2) is 38.9 Å². The van der Waals surface area contributed by atoms with Gasteiger partial charge < -0.3 is 26.2 Å². The van der Waals surface area contributed by atoms with Crippen molar-refractivity contribution in [1.82, 2.24) is 0 Å². The van der Waals surface area contributed by atoms with Crippen LogP contribution in [0.1, 0.15) is 6.92 Å². The molecule has 0 aromatic heterocycles. The van der Waals surface area contributed by atoms with E-state index in [-0.39, 0.29) is 0 Å². The zero-order chi connectivity index (χ0) is 8.78. The van der Waals surface area contributed by atoms with Crippen LogP contribution in [0.5, 0.6) is 0 Å². The highest BCUT2D eigenvalue weighted by Crippen LogP contribution is 1.82. The van der Waals surface area contributed by atoms with E-state index in [1.165, 1.54) is 0 Å². The number of hydrogen-bond donors (Lipinski definition) is 5. The molecule has 0 spiro atoms. The summed E-state index contributed by atoms with van der Waals surface area (Å²) in [5, 5.41) is 30.9. The maximum Gasteiger partial charge on any atom is 0.300 e. The highest BCUT2D eigenvalue weighted by molar-refractivity contribution is 5.62. The van der Waals surface area contributed by atoms with Crippen LogP contribution in [0.15, 0.2) is 0 Å². The highest BCUT2D eigenvalue weighted by Gasteiger charge is 2.12. The van der Waals surface area contributed by atoms with Gasteiger partial charge in [0.25, 0.3) is 11.9 Å². The van der Waals surface area contributed by atoms with Crippen molar-refractivity contribution >= 4 is 5.97 Å². The third-order valence-corrected chi connectivity index (χ3v) is 0.274. The molecule has 0 radical (unpaired) electrons. The summed E-state index contributed by atoms with van der Waals surface area (Å²) < 4.78 is 0. The van der Waals surface area contributed by atoms with Crippen molar-refractivity contribution in [2.45, 2.75) is 12.9 Å². The van der Waals surface area contributed by atoms with Gasteiger partial charge in [-0.05, 0) is 0 Å². The van der Waals surface area contributed by atoms with Gasteiger partial charge in [0.15, 0.2) is 0 Å². The van der Waals surface area contributed by atoms with E-state index in [4.69, 9.17) is 25.2 Å². The Kier molecular flexibility index (Phi) is 6.16. The quantitative estimate of drug-likeness (QED) is 0.269. The fraction of sp³-hybridized carbons (Fsp3) is 0.750. The van der Waals surface area contributed by atoms with Gasteiger partial charge in [0, 0.05) is 6.92 Å². The van der Waals surface area contributed by atoms with Crippen LogP contribution in [0.25, 0.3) is 0 Å². The number of carboxylic acids is 1. The summed E-state index contributed by atoms with van der Waals surface area (Å²) in [7, 11) is 0. The van der Waals surface area contributed by atoms with Gasteiger partial charge in [-0.2, -0.15) is 0 Å². The lowest BCUT2D eigenvalue weighted by atomic mass is 10.6. The smallest absolute Gasteiger partial charge is 0.300 e. The van der Waals surface area contributed by atoms with E-state index >= 15 is 0 Å². The number of rotatable bonds is 1. The third-order valence-electron chi connectivity index (χ3n) is 0.274. The lowest BCUT2D eigenvalue weighted by Gasteiger charge is -2.07. The summed E-state index contributed by atoms with van der Waals surface area (Å²) >= 11 is 0. The first-order valence-corrected chi connectivity index (χ1v) is 2.36. The topological polar surface area (TPSA) is 124 Å². The maximum atomic E-state index is 9.00. The van der Waals surface area contributed by atoms with Gasteiger partial charge in [-0.3, -0.25) is 4.79 Å². The van der Waals surface area contributed by atoms with Gasteiger partial charge in [0.05, 0.1) is 6.54 Å². The molecule has 0 amide bonds. The lowest BCUT2D eigenvalue weighted by molar-refractivity contribution is -0.302. The van der Waals surface area contributed by atoms with Crippen LogP contribution in [0.2, 0.25) is 0 Å². The summed E-state index contributed by atoms with van der Waals surface area (Å²) in [6.07, 6.45) is 0. The molecule has 6 heteroatoms. The molecule has 0 aliphatic rings. The van der Waals surface area contributed by atoms with Gasteiger partial charge >= 0.3 is 0 Å². The van der Waals surface area contributed by atoms with Gasteiger partial charge in [-0.15, -0.1) is 0 Å². The number of aliphatic hydroxyl groups is 3. The molecule has 6 N–H and O–H groups in total. The predicted octanol–water partition coefficient (Wildman–Crippen LogP) is -2.33. The molecule has 0 aromatic rings. The molecule has 6 nitrogen and oxygen atoms in total. The standard InChI is InChI=1S/C2H7NO3.C2H4O2/c3-1-2(4,5)6;1-2(3)4/h4-6H,1,3H2;1H3,(H,3,4). The van der Waals surface area contributed by atoms with Crippen molar-refractivity contribution in [3.05, 3.63) is 0 Å². The van der Waals surface area contributed by atoms with E-state index in [2.05, 4.69) is 5.73 Å². The Labute approximate surface area is 57.5 Å². The molecule has 0 saturated carbocycles. The molecular weight excluding hydrogens is 142 g/mol. The Morgan fingerprint density at radius 1 is 1.50 bits per heavy atom. The average Bonchev–Trinajstić information content (AvgIpc) is 1.63. The lowest BCUT2D eigenvalue weighted by Crippen LogP contribution is -2.36. The second kappa shape index (κ2) is 5.12. The Bertz CT molecular complexity index is 92.3. The molecule has 0 aromatic carbocycles. The fourth-order valence-electron chi connectivity index (χ4n) is 0. The van der Waals surface area contributed by atoms with Crippen molar-refractivity contribution < 1.29 is 25.2 Å². The Hall–Kier alpha value is -0.690. The van der Waals surface area contributed by atoms with E-state index in [1.807, 2.05) is 0 Å². The van der Waals surface area contributed by atoms with Gasteiger partial charge in [-0.1, -0.05) is 0 Å². The van der Waals surface area contributed by atoms with Crippen LogP contribution in [0.4, 0.5) is 0 Å². The van der Waals surface area contributed by atoms with Gasteiger partial charge in [-0.25, -0.2) is 0 Å². The SMILES string of the molecule is CC(=O)O.NCC(O)(O)O. The minimum Gasteiger partial charge on any atom is -0.481 e. The van der Waals surface area contributed by atoms with Crippen molar-refractivity contribution in [1.29, 1.82) is 0 Å². The molecule has 0 saturated heterocycles. The Balaban J connectivity index is 0. The van der Waals surface area contributed by atoms with Gasteiger partial charge in [0.1, 0.15) is 0 Å². The highest BCUT2D eigenvalue weighted by atomic mass is 16.7. The zero-order valence-electron chi connectivity index (χ0n) is 5.48. The van der Waals surface area contributed by atoms with Gasteiger partial charge in [0.2, 0.25) is 0 Å². The zero-order valence-corrected chi connectivity index (χ0v) is 5.48. The number of carboxylic acid groups (broad SMARTS) is 1. The number of aliphatic carboxylic acids is 1. The summed E-state index contributed by atoms with van der Waals surface area (Å²) in [5.41, 5.74) is 4.56. The average molecular weight is 153 g/mol. The first-order chi connectivity index (χ1) is 4.29. The fourth-order valence-corrected chi connectivity index (χ4v) is 0. The third kappa shape index (κ3) is 54.5. The molecule has 0 aliphatic heterocycles. The molecule has 0 bridgehead atoms. The molecule has 62 valence electrons. The minimum atomic E-state index is -2.68. The largest absolute Gasteiger partial charge is 0.481 e. The summed E-state index contributed by atoms with van der Waals surface area (Å²) in [4.78, 5) is 9.00. The molecule has 0 heterocycles. The molecule has 10 heavy (non-hydrogen) atoms. The maximum absolute atomic E-state index is 9.00.